The van der Waals surface area contributed by atoms with Gasteiger partial charge < -0.3 is 11.1 Å². The Morgan fingerprint density at radius 3 is 2.68 bits per heavy atom. The van der Waals surface area contributed by atoms with E-state index in [0.717, 1.165) is 31.2 Å². The summed E-state index contributed by atoms with van der Waals surface area (Å²) >= 11 is 5.95. The zero-order valence-electron chi connectivity index (χ0n) is 11.3. The average molecular weight is 281 g/mol. The molecule has 1 aromatic rings. The van der Waals surface area contributed by atoms with E-state index in [2.05, 4.69) is 5.32 Å². The summed E-state index contributed by atoms with van der Waals surface area (Å²) in [6.07, 6.45) is 5.56. The summed E-state index contributed by atoms with van der Waals surface area (Å²) in [5, 5.41) is 3.63. The van der Waals surface area contributed by atoms with Gasteiger partial charge >= 0.3 is 0 Å². The lowest BCUT2D eigenvalue weighted by Crippen LogP contribution is -2.51. The van der Waals surface area contributed by atoms with E-state index in [1.54, 1.807) is 12.1 Å². The van der Waals surface area contributed by atoms with Gasteiger partial charge in [0, 0.05) is 22.7 Å². The Labute approximate surface area is 119 Å². The fourth-order valence-electron chi connectivity index (χ4n) is 2.58. The Kier molecular flexibility index (Phi) is 4.48. The fourth-order valence-corrected chi connectivity index (χ4v) is 2.69. The van der Waals surface area contributed by atoms with Crippen molar-refractivity contribution in [1.29, 1.82) is 0 Å². The molecule has 3 nitrogen and oxygen atoms in total. The smallest absolute Gasteiger partial charge is 0.251 e. The molecule has 19 heavy (non-hydrogen) atoms. The summed E-state index contributed by atoms with van der Waals surface area (Å²) in [5.74, 6) is -0.0739. The maximum Gasteiger partial charge on any atom is 0.251 e. The highest BCUT2D eigenvalue weighted by Crippen LogP contribution is 2.25. The Hall–Kier alpha value is -1.06. The zero-order chi connectivity index (χ0) is 13.9. The molecule has 1 amide bonds. The number of carbonyl (C=O) groups excluding carboxylic acids is 1. The molecule has 0 atom stereocenters. The van der Waals surface area contributed by atoms with Crippen LogP contribution in [-0.4, -0.2) is 18.0 Å². The molecular weight excluding hydrogens is 260 g/mol. The van der Waals surface area contributed by atoms with E-state index in [4.69, 9.17) is 17.3 Å². The average Bonchev–Trinajstić information content (AvgIpc) is 2.40. The van der Waals surface area contributed by atoms with Crippen molar-refractivity contribution in [1.82, 2.24) is 5.32 Å². The van der Waals surface area contributed by atoms with Crippen molar-refractivity contribution in [2.24, 2.45) is 5.73 Å². The molecule has 0 aliphatic heterocycles. The first-order valence-corrected chi connectivity index (χ1v) is 7.21. The molecule has 1 aromatic carbocycles. The van der Waals surface area contributed by atoms with Crippen molar-refractivity contribution >= 4 is 17.5 Å². The summed E-state index contributed by atoms with van der Waals surface area (Å²) in [4.78, 5) is 12.1. The minimum Gasteiger partial charge on any atom is -0.350 e. The summed E-state index contributed by atoms with van der Waals surface area (Å²) in [5.41, 5.74) is 7.63. The minimum absolute atomic E-state index is 0.0739. The van der Waals surface area contributed by atoms with Crippen LogP contribution in [0, 0.1) is 6.92 Å². The molecule has 0 aromatic heterocycles. The first kappa shape index (κ1) is 14.4. The van der Waals surface area contributed by atoms with Crippen LogP contribution < -0.4 is 11.1 Å². The number of carbonyl (C=O) groups is 1. The third kappa shape index (κ3) is 3.71. The molecule has 2 rings (SSSR count). The monoisotopic (exact) mass is 280 g/mol. The van der Waals surface area contributed by atoms with Gasteiger partial charge in [-0.25, -0.2) is 0 Å². The predicted octanol–water partition coefficient (Wildman–Crippen LogP) is 3.04. The minimum atomic E-state index is -0.227. The first-order chi connectivity index (χ1) is 9.00. The van der Waals surface area contributed by atoms with Crippen LogP contribution in [-0.2, 0) is 0 Å². The molecule has 1 saturated carbocycles. The molecule has 3 N–H and O–H groups in total. The number of amides is 1. The Morgan fingerprint density at radius 1 is 1.37 bits per heavy atom. The van der Waals surface area contributed by atoms with Crippen LogP contribution in [0.3, 0.4) is 0 Å². The van der Waals surface area contributed by atoms with Crippen molar-refractivity contribution in [2.75, 3.05) is 6.54 Å². The van der Waals surface area contributed by atoms with Gasteiger partial charge in [-0.2, -0.15) is 0 Å². The molecule has 0 spiro atoms. The molecule has 1 aliphatic carbocycles. The number of aryl methyl sites for hydroxylation is 1. The van der Waals surface area contributed by atoms with Crippen molar-refractivity contribution in [3.63, 3.8) is 0 Å². The lowest BCUT2D eigenvalue weighted by atomic mass is 9.82. The molecule has 0 unspecified atom stereocenters. The van der Waals surface area contributed by atoms with Gasteiger partial charge in [0.05, 0.1) is 0 Å². The predicted molar refractivity (Wildman–Crippen MR) is 78.5 cm³/mol. The molecule has 104 valence electrons. The number of nitrogens with two attached hydrogens (primary N) is 1. The second kappa shape index (κ2) is 5.93. The molecule has 0 heterocycles. The van der Waals surface area contributed by atoms with Gasteiger partial charge in [0.2, 0.25) is 0 Å². The standard InChI is InChI=1S/C15H21ClN2O/c1-11-9-12(5-6-13(11)16)14(19)18-10-15(17)7-3-2-4-8-15/h5-6,9H,2-4,7-8,10,17H2,1H3,(H,18,19). The highest BCUT2D eigenvalue weighted by Gasteiger charge is 2.27. The maximum absolute atomic E-state index is 12.1. The molecule has 4 heteroatoms. The molecule has 0 radical (unpaired) electrons. The van der Waals surface area contributed by atoms with Crippen molar-refractivity contribution in [3.8, 4) is 0 Å². The van der Waals surface area contributed by atoms with Gasteiger partial charge in [-0.1, -0.05) is 30.9 Å². The van der Waals surface area contributed by atoms with E-state index in [1.807, 2.05) is 13.0 Å². The van der Waals surface area contributed by atoms with Crippen LogP contribution in [0.2, 0.25) is 5.02 Å². The van der Waals surface area contributed by atoms with Gasteiger partial charge in [-0.3, -0.25) is 4.79 Å². The topological polar surface area (TPSA) is 55.1 Å². The fraction of sp³-hybridized carbons (Fsp3) is 0.533. The molecular formula is C15H21ClN2O. The van der Waals surface area contributed by atoms with E-state index in [-0.39, 0.29) is 11.4 Å². The van der Waals surface area contributed by atoms with Crippen LogP contribution in [0.25, 0.3) is 0 Å². The van der Waals surface area contributed by atoms with Crippen molar-refractivity contribution in [2.45, 2.75) is 44.6 Å². The van der Waals surface area contributed by atoms with Gasteiger partial charge in [-0.05, 0) is 43.5 Å². The molecule has 0 bridgehead atoms. The maximum atomic E-state index is 12.1. The molecule has 1 fully saturated rings. The van der Waals surface area contributed by atoms with E-state index >= 15 is 0 Å². The summed E-state index contributed by atoms with van der Waals surface area (Å²) in [6, 6.07) is 5.31. The lowest BCUT2D eigenvalue weighted by molar-refractivity contribution is 0.0937. The van der Waals surface area contributed by atoms with Crippen LogP contribution in [0.5, 0.6) is 0 Å². The van der Waals surface area contributed by atoms with E-state index in [1.165, 1.54) is 6.42 Å². The normalized spacial score (nSPS) is 18.1. The first-order valence-electron chi connectivity index (χ1n) is 6.83. The second-order valence-electron chi connectivity index (χ2n) is 5.57. The number of hydrogen-bond acceptors (Lipinski definition) is 2. The van der Waals surface area contributed by atoms with Gasteiger partial charge in [0.15, 0.2) is 0 Å². The summed E-state index contributed by atoms with van der Waals surface area (Å²) < 4.78 is 0. The number of halogens is 1. The Bertz CT molecular complexity index is 467. The highest BCUT2D eigenvalue weighted by molar-refractivity contribution is 6.31. The van der Waals surface area contributed by atoms with Crippen LogP contribution in [0.4, 0.5) is 0 Å². The van der Waals surface area contributed by atoms with Crippen LogP contribution in [0.1, 0.15) is 48.0 Å². The van der Waals surface area contributed by atoms with Gasteiger partial charge in [0.25, 0.3) is 5.91 Å². The van der Waals surface area contributed by atoms with E-state index in [9.17, 15) is 4.79 Å². The van der Waals surface area contributed by atoms with E-state index < -0.39 is 0 Å². The highest BCUT2D eigenvalue weighted by atomic mass is 35.5. The Balaban J connectivity index is 1.95. The third-order valence-electron chi connectivity index (χ3n) is 3.87. The molecule has 0 saturated heterocycles. The quantitative estimate of drug-likeness (QED) is 0.894. The number of hydrogen-bond donors (Lipinski definition) is 2. The SMILES string of the molecule is Cc1cc(C(=O)NCC2(N)CCCCC2)ccc1Cl. The van der Waals surface area contributed by atoms with Gasteiger partial charge in [-0.15, -0.1) is 0 Å². The largest absolute Gasteiger partial charge is 0.350 e. The third-order valence-corrected chi connectivity index (χ3v) is 4.29. The number of benzene rings is 1. The van der Waals surface area contributed by atoms with Crippen LogP contribution in [0.15, 0.2) is 18.2 Å². The summed E-state index contributed by atoms with van der Waals surface area (Å²) in [6.45, 7) is 2.44. The summed E-state index contributed by atoms with van der Waals surface area (Å²) in [7, 11) is 0. The van der Waals surface area contributed by atoms with Crippen molar-refractivity contribution in [3.05, 3.63) is 34.3 Å². The number of nitrogens with one attached hydrogen (secondary N) is 1. The lowest BCUT2D eigenvalue weighted by Gasteiger charge is -2.33. The van der Waals surface area contributed by atoms with Gasteiger partial charge in [0.1, 0.15) is 0 Å². The molecule has 1 aliphatic rings. The van der Waals surface area contributed by atoms with Crippen LogP contribution >= 0.6 is 11.6 Å². The van der Waals surface area contributed by atoms with E-state index in [0.29, 0.717) is 17.1 Å². The number of rotatable bonds is 3. The van der Waals surface area contributed by atoms with Crippen molar-refractivity contribution < 1.29 is 4.79 Å². The second-order valence-corrected chi connectivity index (χ2v) is 5.98. The Morgan fingerprint density at radius 2 is 2.05 bits per heavy atom. The zero-order valence-corrected chi connectivity index (χ0v) is 12.1.